The Morgan fingerprint density at radius 1 is 1.30 bits per heavy atom. The molecule has 1 atom stereocenters. The number of rotatable bonds is 7. The summed E-state index contributed by atoms with van der Waals surface area (Å²) in [6.45, 7) is 3.65. The number of hydrogen-bond acceptors (Lipinski definition) is 4. The van der Waals surface area contributed by atoms with Gasteiger partial charge in [-0.1, -0.05) is 24.3 Å². The van der Waals surface area contributed by atoms with Crippen molar-refractivity contribution < 1.29 is 9.53 Å². The van der Waals surface area contributed by atoms with Crippen LogP contribution in [0.25, 0.3) is 0 Å². The predicted molar refractivity (Wildman–Crippen MR) is 94.8 cm³/mol. The van der Waals surface area contributed by atoms with Crippen LogP contribution in [0.1, 0.15) is 24.0 Å². The van der Waals surface area contributed by atoms with Crippen LogP contribution in [0, 0.1) is 0 Å². The maximum atomic E-state index is 12.1. The molecule has 5 nitrogen and oxygen atoms in total. The predicted octanol–water partition coefficient (Wildman–Crippen LogP) is 1.55. The molecule has 1 aliphatic heterocycles. The molecule has 2 rings (SSSR count). The van der Waals surface area contributed by atoms with Gasteiger partial charge in [-0.25, -0.2) is 0 Å². The summed E-state index contributed by atoms with van der Waals surface area (Å²) in [6, 6.07) is 8.65. The Kier molecular flexibility index (Phi) is 9.17. The number of carbonyl (C=O) groups excluding carboxylic acids is 1. The lowest BCUT2D eigenvalue weighted by molar-refractivity contribution is -0.122. The van der Waals surface area contributed by atoms with Gasteiger partial charge in [-0.2, -0.15) is 0 Å². The van der Waals surface area contributed by atoms with E-state index in [9.17, 15) is 4.79 Å². The van der Waals surface area contributed by atoms with Crippen LogP contribution in [0.5, 0.6) is 0 Å². The van der Waals surface area contributed by atoms with E-state index < -0.39 is 0 Å². The molecule has 1 amide bonds. The zero-order valence-electron chi connectivity index (χ0n) is 14.0. The lowest BCUT2D eigenvalue weighted by Crippen LogP contribution is -2.47. The van der Waals surface area contributed by atoms with Gasteiger partial charge in [-0.3, -0.25) is 9.69 Å². The summed E-state index contributed by atoms with van der Waals surface area (Å²) in [5.41, 5.74) is 2.25. The molecule has 1 aromatic carbocycles. The quantitative estimate of drug-likeness (QED) is 0.790. The van der Waals surface area contributed by atoms with E-state index in [4.69, 9.17) is 4.74 Å². The first-order valence-electron chi connectivity index (χ1n) is 7.94. The van der Waals surface area contributed by atoms with Gasteiger partial charge >= 0.3 is 0 Å². The number of likely N-dealkylation sites (N-methyl/N-ethyl adjacent to an activating group) is 1. The molecule has 1 heterocycles. The molecule has 0 aliphatic carbocycles. The summed E-state index contributed by atoms with van der Waals surface area (Å²) >= 11 is 0. The largest absolute Gasteiger partial charge is 0.380 e. The van der Waals surface area contributed by atoms with Crippen LogP contribution in [-0.4, -0.2) is 50.6 Å². The Hall–Kier alpha value is -1.14. The fraction of sp³-hybridized carbons (Fsp3) is 0.588. The van der Waals surface area contributed by atoms with Crippen molar-refractivity contribution >= 4 is 18.3 Å². The molecule has 0 saturated carbocycles. The third-order valence-electron chi connectivity index (χ3n) is 4.10. The van der Waals surface area contributed by atoms with E-state index in [1.165, 1.54) is 6.42 Å². The van der Waals surface area contributed by atoms with Crippen molar-refractivity contribution in [1.29, 1.82) is 0 Å². The van der Waals surface area contributed by atoms with Crippen molar-refractivity contribution in [3.63, 3.8) is 0 Å². The molecule has 0 bridgehead atoms. The van der Waals surface area contributed by atoms with E-state index in [0.29, 0.717) is 25.7 Å². The maximum Gasteiger partial charge on any atom is 0.234 e. The van der Waals surface area contributed by atoms with Crippen molar-refractivity contribution in [2.75, 3.05) is 33.8 Å². The van der Waals surface area contributed by atoms with E-state index in [2.05, 4.69) is 15.5 Å². The van der Waals surface area contributed by atoms with Crippen molar-refractivity contribution in [3.8, 4) is 0 Å². The normalized spacial score (nSPS) is 18.3. The molecule has 1 unspecified atom stereocenters. The zero-order valence-corrected chi connectivity index (χ0v) is 14.8. The number of halogens is 1. The van der Waals surface area contributed by atoms with Crippen LogP contribution in [0.2, 0.25) is 0 Å². The highest BCUT2D eigenvalue weighted by Gasteiger charge is 2.19. The maximum absolute atomic E-state index is 12.1. The number of methoxy groups -OCH3 is 1. The van der Waals surface area contributed by atoms with Crippen LogP contribution in [0.3, 0.4) is 0 Å². The number of benzene rings is 1. The standard InChI is InChI=1S/C17H27N3O2.ClH/c1-18-16-4-3-9-20(11-16)12-17(21)19-10-14-5-7-15(8-6-14)13-22-2;/h5-8,16,18H,3-4,9-13H2,1-2H3,(H,19,21);1H. The fourth-order valence-electron chi connectivity index (χ4n) is 2.81. The topological polar surface area (TPSA) is 53.6 Å². The van der Waals surface area contributed by atoms with E-state index in [1.54, 1.807) is 7.11 Å². The van der Waals surface area contributed by atoms with Gasteiger partial charge in [-0.15, -0.1) is 12.4 Å². The second-order valence-corrected chi connectivity index (χ2v) is 5.89. The van der Waals surface area contributed by atoms with E-state index in [0.717, 1.165) is 30.6 Å². The second kappa shape index (κ2) is 10.6. The number of hydrogen-bond donors (Lipinski definition) is 2. The number of amides is 1. The molecule has 130 valence electrons. The average Bonchev–Trinajstić information content (AvgIpc) is 2.55. The van der Waals surface area contributed by atoms with Crippen LogP contribution in [0.15, 0.2) is 24.3 Å². The van der Waals surface area contributed by atoms with Gasteiger partial charge < -0.3 is 15.4 Å². The van der Waals surface area contributed by atoms with Gasteiger partial charge in [0.15, 0.2) is 0 Å². The Morgan fingerprint density at radius 2 is 2.00 bits per heavy atom. The average molecular weight is 342 g/mol. The molecule has 1 fully saturated rings. The molecule has 23 heavy (non-hydrogen) atoms. The number of nitrogens with one attached hydrogen (secondary N) is 2. The van der Waals surface area contributed by atoms with E-state index in [-0.39, 0.29) is 18.3 Å². The number of likely N-dealkylation sites (tertiary alicyclic amines) is 1. The summed E-state index contributed by atoms with van der Waals surface area (Å²) < 4.78 is 5.09. The second-order valence-electron chi connectivity index (χ2n) is 5.89. The van der Waals surface area contributed by atoms with Crippen LogP contribution >= 0.6 is 12.4 Å². The third kappa shape index (κ3) is 6.87. The minimum absolute atomic E-state index is 0. The molecule has 0 spiro atoms. The summed E-state index contributed by atoms with van der Waals surface area (Å²) in [5, 5.41) is 6.30. The summed E-state index contributed by atoms with van der Waals surface area (Å²) in [4.78, 5) is 14.3. The third-order valence-corrected chi connectivity index (χ3v) is 4.10. The summed E-state index contributed by atoms with van der Waals surface area (Å²) in [5.74, 6) is 0.0951. The molecule has 0 aromatic heterocycles. The molecule has 1 aromatic rings. The smallest absolute Gasteiger partial charge is 0.234 e. The van der Waals surface area contributed by atoms with Crippen molar-refractivity contribution in [2.45, 2.75) is 32.0 Å². The molecule has 0 radical (unpaired) electrons. The molecular formula is C17H28ClN3O2. The number of ether oxygens (including phenoxy) is 1. The SMILES string of the molecule is CNC1CCCN(CC(=O)NCc2ccc(COC)cc2)C1.Cl. The van der Waals surface area contributed by atoms with Gasteiger partial charge in [0, 0.05) is 26.2 Å². The van der Waals surface area contributed by atoms with Gasteiger partial charge in [0.25, 0.3) is 0 Å². The highest BCUT2D eigenvalue weighted by molar-refractivity contribution is 5.85. The summed E-state index contributed by atoms with van der Waals surface area (Å²) in [7, 11) is 3.68. The Balaban J connectivity index is 0.00000264. The minimum atomic E-state index is 0. The number of carbonyl (C=O) groups is 1. The van der Waals surface area contributed by atoms with Crippen molar-refractivity contribution in [3.05, 3.63) is 35.4 Å². The van der Waals surface area contributed by atoms with Gasteiger partial charge in [-0.05, 0) is 37.6 Å². The number of piperidine rings is 1. The molecular weight excluding hydrogens is 314 g/mol. The Morgan fingerprint density at radius 3 is 2.65 bits per heavy atom. The number of nitrogens with zero attached hydrogens (tertiary/aromatic N) is 1. The highest BCUT2D eigenvalue weighted by atomic mass is 35.5. The minimum Gasteiger partial charge on any atom is -0.380 e. The molecule has 2 N–H and O–H groups in total. The summed E-state index contributed by atoms with van der Waals surface area (Å²) in [6.07, 6.45) is 2.35. The Bertz CT molecular complexity index is 467. The van der Waals surface area contributed by atoms with Gasteiger partial charge in [0.1, 0.15) is 0 Å². The van der Waals surface area contributed by atoms with Gasteiger partial charge in [0.05, 0.1) is 13.2 Å². The first kappa shape index (κ1) is 19.9. The molecule has 1 aliphatic rings. The first-order chi connectivity index (χ1) is 10.7. The monoisotopic (exact) mass is 341 g/mol. The fourth-order valence-corrected chi connectivity index (χ4v) is 2.81. The van der Waals surface area contributed by atoms with Crippen LogP contribution < -0.4 is 10.6 Å². The van der Waals surface area contributed by atoms with E-state index >= 15 is 0 Å². The molecule has 1 saturated heterocycles. The zero-order chi connectivity index (χ0) is 15.8. The van der Waals surface area contributed by atoms with Crippen molar-refractivity contribution in [2.24, 2.45) is 0 Å². The lowest BCUT2D eigenvalue weighted by atomic mass is 10.1. The highest BCUT2D eigenvalue weighted by Crippen LogP contribution is 2.09. The van der Waals surface area contributed by atoms with Crippen LogP contribution in [-0.2, 0) is 22.7 Å². The first-order valence-corrected chi connectivity index (χ1v) is 7.94. The van der Waals surface area contributed by atoms with E-state index in [1.807, 2.05) is 31.3 Å². The lowest BCUT2D eigenvalue weighted by Gasteiger charge is -2.31. The van der Waals surface area contributed by atoms with Crippen LogP contribution in [0.4, 0.5) is 0 Å². The Labute approximate surface area is 145 Å². The van der Waals surface area contributed by atoms with Crippen molar-refractivity contribution in [1.82, 2.24) is 15.5 Å². The molecule has 6 heteroatoms. The van der Waals surface area contributed by atoms with Gasteiger partial charge in [0.2, 0.25) is 5.91 Å².